The number of rotatable bonds is 5. The molecule has 9 nitrogen and oxygen atoms in total. The van der Waals surface area contributed by atoms with E-state index in [2.05, 4.69) is 25.7 Å². The molecule has 0 spiro atoms. The molecule has 0 atom stereocenters. The number of H-pyrrole nitrogens is 1. The highest BCUT2D eigenvalue weighted by Crippen LogP contribution is 2.22. The maximum atomic E-state index is 12.0. The number of amides is 1. The summed E-state index contributed by atoms with van der Waals surface area (Å²) in [5.74, 6) is -0.489. The number of non-ortho nitro benzene ring substituents is 1. The maximum Gasteiger partial charge on any atom is 0.289 e. The number of pyridine rings is 1. The minimum Gasteiger partial charge on any atom is -0.272 e. The fourth-order valence-electron chi connectivity index (χ4n) is 2.03. The Morgan fingerprint density at radius 1 is 1.24 bits per heavy atom. The Hall–Kier alpha value is -3.88. The molecule has 2 N–H and O–H groups in total. The molecule has 25 heavy (non-hydrogen) atoms. The zero-order chi connectivity index (χ0) is 17.6. The number of nitro groups is 1. The van der Waals surface area contributed by atoms with E-state index >= 15 is 0 Å². The number of aromatic amines is 1. The Morgan fingerprint density at radius 2 is 2.12 bits per heavy atom. The Labute approximate surface area is 141 Å². The van der Waals surface area contributed by atoms with Crippen molar-refractivity contribution in [2.24, 2.45) is 5.10 Å². The third-order valence-corrected chi connectivity index (χ3v) is 3.23. The van der Waals surface area contributed by atoms with Crippen molar-refractivity contribution in [3.63, 3.8) is 0 Å². The van der Waals surface area contributed by atoms with Crippen molar-refractivity contribution in [2.45, 2.75) is 0 Å². The van der Waals surface area contributed by atoms with E-state index in [1.54, 1.807) is 36.5 Å². The third kappa shape index (κ3) is 3.91. The van der Waals surface area contributed by atoms with Crippen LogP contribution in [-0.2, 0) is 0 Å². The number of aromatic nitrogens is 3. The summed E-state index contributed by atoms with van der Waals surface area (Å²) in [4.78, 5) is 26.4. The SMILES string of the molecule is O=C(N/N=C\c1ccccn1)c1cc(-c2cccc([N+](=O)[O-])c2)n[nH]1. The molecule has 9 heteroatoms. The van der Waals surface area contributed by atoms with E-state index in [-0.39, 0.29) is 11.4 Å². The zero-order valence-electron chi connectivity index (χ0n) is 12.8. The Balaban J connectivity index is 1.70. The molecule has 1 aromatic carbocycles. The summed E-state index contributed by atoms with van der Waals surface area (Å²) in [6, 6.07) is 12.8. The second-order valence-electron chi connectivity index (χ2n) is 4.93. The molecule has 0 aliphatic rings. The lowest BCUT2D eigenvalue weighted by atomic mass is 10.1. The van der Waals surface area contributed by atoms with Crippen LogP contribution in [0.25, 0.3) is 11.3 Å². The molecule has 0 radical (unpaired) electrons. The maximum absolute atomic E-state index is 12.0. The second-order valence-corrected chi connectivity index (χ2v) is 4.93. The van der Waals surface area contributed by atoms with Gasteiger partial charge in [0, 0.05) is 23.9 Å². The van der Waals surface area contributed by atoms with Crippen LogP contribution >= 0.6 is 0 Å². The fourth-order valence-corrected chi connectivity index (χ4v) is 2.03. The predicted octanol–water partition coefficient (Wildman–Crippen LogP) is 2.14. The molecule has 0 aliphatic heterocycles. The van der Waals surface area contributed by atoms with Gasteiger partial charge in [-0.25, -0.2) is 5.43 Å². The van der Waals surface area contributed by atoms with Gasteiger partial charge in [0.15, 0.2) is 0 Å². The van der Waals surface area contributed by atoms with Crippen molar-refractivity contribution < 1.29 is 9.72 Å². The Morgan fingerprint density at radius 3 is 2.88 bits per heavy atom. The van der Waals surface area contributed by atoms with Crippen molar-refractivity contribution in [1.82, 2.24) is 20.6 Å². The van der Waals surface area contributed by atoms with Gasteiger partial charge < -0.3 is 0 Å². The number of hydrogen-bond acceptors (Lipinski definition) is 6. The lowest BCUT2D eigenvalue weighted by Gasteiger charge is -1.96. The van der Waals surface area contributed by atoms with Crippen molar-refractivity contribution >= 4 is 17.8 Å². The summed E-state index contributed by atoms with van der Waals surface area (Å²) in [6.45, 7) is 0. The van der Waals surface area contributed by atoms with E-state index < -0.39 is 10.8 Å². The first-order valence-corrected chi connectivity index (χ1v) is 7.18. The summed E-state index contributed by atoms with van der Waals surface area (Å²) < 4.78 is 0. The van der Waals surface area contributed by atoms with Crippen LogP contribution < -0.4 is 5.43 Å². The van der Waals surface area contributed by atoms with E-state index in [1.807, 2.05) is 0 Å². The highest BCUT2D eigenvalue weighted by molar-refractivity contribution is 5.94. The van der Waals surface area contributed by atoms with Gasteiger partial charge >= 0.3 is 0 Å². The van der Waals surface area contributed by atoms with E-state index in [9.17, 15) is 14.9 Å². The first kappa shape index (κ1) is 16.0. The lowest BCUT2D eigenvalue weighted by molar-refractivity contribution is -0.384. The molecule has 2 heterocycles. The number of nitro benzene ring substituents is 1. The number of hydrazone groups is 1. The van der Waals surface area contributed by atoms with Crippen molar-refractivity contribution in [3.05, 3.63) is 76.2 Å². The molecular weight excluding hydrogens is 324 g/mol. The molecule has 3 rings (SSSR count). The number of benzene rings is 1. The van der Waals surface area contributed by atoms with Crippen LogP contribution in [-0.4, -0.2) is 32.2 Å². The predicted molar refractivity (Wildman–Crippen MR) is 90.0 cm³/mol. The number of hydrogen-bond donors (Lipinski definition) is 2. The molecule has 124 valence electrons. The number of nitrogens with one attached hydrogen (secondary N) is 2. The average Bonchev–Trinajstić information content (AvgIpc) is 3.13. The van der Waals surface area contributed by atoms with Crippen molar-refractivity contribution in [1.29, 1.82) is 0 Å². The second kappa shape index (κ2) is 7.13. The molecular formula is C16H12N6O3. The molecule has 3 aromatic rings. The summed E-state index contributed by atoms with van der Waals surface area (Å²) in [5.41, 5.74) is 4.03. The summed E-state index contributed by atoms with van der Waals surface area (Å²) in [5, 5.41) is 21.2. The van der Waals surface area contributed by atoms with Gasteiger partial charge in [0.2, 0.25) is 0 Å². The standard InChI is InChI=1S/C16H12N6O3/c23-16(21-18-10-12-5-1-2-7-17-12)15-9-14(19-20-15)11-4-3-6-13(8-11)22(24)25/h1-10H,(H,19,20)(H,21,23)/b18-10-. The van der Waals surface area contributed by atoms with Crippen LogP contribution in [0.3, 0.4) is 0 Å². The quantitative estimate of drug-likeness (QED) is 0.419. The van der Waals surface area contributed by atoms with Gasteiger partial charge in [-0.15, -0.1) is 0 Å². The van der Waals surface area contributed by atoms with Crippen LogP contribution in [0.5, 0.6) is 0 Å². The van der Waals surface area contributed by atoms with Gasteiger partial charge in [-0.1, -0.05) is 18.2 Å². The molecule has 0 saturated heterocycles. The highest BCUT2D eigenvalue weighted by Gasteiger charge is 2.13. The number of carbonyl (C=O) groups excluding carboxylic acids is 1. The molecule has 0 fully saturated rings. The van der Waals surface area contributed by atoms with Gasteiger partial charge in [-0.2, -0.15) is 10.2 Å². The van der Waals surface area contributed by atoms with Crippen LogP contribution in [0.4, 0.5) is 5.69 Å². The van der Waals surface area contributed by atoms with Gasteiger partial charge in [-0.3, -0.25) is 25.0 Å². The molecule has 0 unspecified atom stereocenters. The van der Waals surface area contributed by atoms with E-state index in [0.717, 1.165) is 0 Å². The normalized spacial score (nSPS) is 10.7. The monoisotopic (exact) mass is 336 g/mol. The van der Waals surface area contributed by atoms with Gasteiger partial charge in [0.1, 0.15) is 5.69 Å². The summed E-state index contributed by atoms with van der Waals surface area (Å²) in [6.07, 6.45) is 3.03. The van der Waals surface area contributed by atoms with Gasteiger partial charge in [-0.05, 0) is 18.2 Å². The lowest BCUT2D eigenvalue weighted by Crippen LogP contribution is -2.18. The van der Waals surface area contributed by atoms with Crippen LogP contribution in [0.1, 0.15) is 16.2 Å². The van der Waals surface area contributed by atoms with Crippen LogP contribution in [0.15, 0.2) is 59.8 Å². The van der Waals surface area contributed by atoms with E-state index in [4.69, 9.17) is 0 Å². The topological polar surface area (TPSA) is 126 Å². The largest absolute Gasteiger partial charge is 0.289 e. The molecule has 1 amide bonds. The van der Waals surface area contributed by atoms with E-state index in [0.29, 0.717) is 17.0 Å². The van der Waals surface area contributed by atoms with Crippen LogP contribution in [0, 0.1) is 10.1 Å². The number of nitrogens with zero attached hydrogens (tertiary/aromatic N) is 4. The average molecular weight is 336 g/mol. The molecule has 0 aliphatic carbocycles. The zero-order valence-corrected chi connectivity index (χ0v) is 12.8. The van der Waals surface area contributed by atoms with Crippen LogP contribution in [0.2, 0.25) is 0 Å². The minimum atomic E-state index is -0.490. The fraction of sp³-hybridized carbons (Fsp3) is 0. The highest BCUT2D eigenvalue weighted by atomic mass is 16.6. The molecule has 2 aromatic heterocycles. The van der Waals surface area contributed by atoms with Gasteiger partial charge in [0.05, 0.1) is 22.5 Å². The van der Waals surface area contributed by atoms with E-state index in [1.165, 1.54) is 24.4 Å². The Bertz CT molecular complexity index is 936. The molecule has 0 saturated carbocycles. The first-order chi connectivity index (χ1) is 12.1. The minimum absolute atomic E-state index is 0.0496. The number of carbonyl (C=O) groups is 1. The third-order valence-electron chi connectivity index (χ3n) is 3.23. The summed E-state index contributed by atoms with van der Waals surface area (Å²) in [7, 11) is 0. The van der Waals surface area contributed by atoms with Crippen molar-refractivity contribution in [3.8, 4) is 11.3 Å². The molecule has 0 bridgehead atoms. The van der Waals surface area contributed by atoms with Crippen molar-refractivity contribution in [2.75, 3.05) is 0 Å². The Kier molecular flexibility index (Phi) is 4.56. The smallest absolute Gasteiger partial charge is 0.272 e. The first-order valence-electron chi connectivity index (χ1n) is 7.18. The van der Waals surface area contributed by atoms with Gasteiger partial charge in [0.25, 0.3) is 11.6 Å². The summed E-state index contributed by atoms with van der Waals surface area (Å²) >= 11 is 0.